The van der Waals surface area contributed by atoms with Crippen LogP contribution in [-0.4, -0.2) is 67.7 Å². The highest BCUT2D eigenvalue weighted by Crippen LogP contribution is 2.19. The predicted molar refractivity (Wildman–Crippen MR) is 65.7 cm³/mol. The van der Waals surface area contributed by atoms with Crippen LogP contribution in [0.25, 0.3) is 0 Å². The minimum atomic E-state index is 0.0606. The SMILES string of the molecule is NCCN1CCCCC1C(=O)N1CCOCC1. The largest absolute Gasteiger partial charge is 0.378 e. The Balaban J connectivity index is 1.94. The summed E-state index contributed by atoms with van der Waals surface area (Å²) < 4.78 is 5.28. The number of hydrogen-bond acceptors (Lipinski definition) is 4. The van der Waals surface area contributed by atoms with Crippen molar-refractivity contribution in [2.75, 3.05) is 45.9 Å². The topological polar surface area (TPSA) is 58.8 Å². The molecule has 2 saturated heterocycles. The fourth-order valence-corrected chi connectivity index (χ4v) is 2.70. The lowest BCUT2D eigenvalue weighted by atomic mass is 10.0. The highest BCUT2D eigenvalue weighted by molar-refractivity contribution is 5.82. The van der Waals surface area contributed by atoms with Gasteiger partial charge in [-0.2, -0.15) is 0 Å². The molecular formula is C12H23N3O2. The maximum atomic E-state index is 12.4. The molecule has 1 atom stereocenters. The second-order valence-corrected chi connectivity index (χ2v) is 4.77. The van der Waals surface area contributed by atoms with Crippen molar-refractivity contribution in [2.24, 2.45) is 5.73 Å². The van der Waals surface area contributed by atoms with Gasteiger partial charge in [-0.3, -0.25) is 9.69 Å². The van der Waals surface area contributed by atoms with Crippen molar-refractivity contribution >= 4 is 5.91 Å². The molecule has 2 heterocycles. The normalized spacial score (nSPS) is 27.1. The summed E-state index contributed by atoms with van der Waals surface area (Å²) in [6.45, 7) is 5.31. The lowest BCUT2D eigenvalue weighted by molar-refractivity contribution is -0.142. The number of nitrogens with two attached hydrogens (primary N) is 1. The quantitative estimate of drug-likeness (QED) is 0.734. The molecule has 0 spiro atoms. The third kappa shape index (κ3) is 3.18. The van der Waals surface area contributed by atoms with Crippen LogP contribution in [-0.2, 0) is 9.53 Å². The third-order valence-electron chi connectivity index (χ3n) is 3.64. The molecule has 0 aromatic heterocycles. The molecule has 98 valence electrons. The van der Waals surface area contributed by atoms with Crippen molar-refractivity contribution in [1.82, 2.24) is 9.80 Å². The number of morpholine rings is 1. The van der Waals surface area contributed by atoms with Gasteiger partial charge in [-0.15, -0.1) is 0 Å². The van der Waals surface area contributed by atoms with Gasteiger partial charge in [-0.25, -0.2) is 0 Å². The summed E-state index contributed by atoms with van der Waals surface area (Å²) in [4.78, 5) is 16.6. The molecular weight excluding hydrogens is 218 g/mol. The number of hydrogen-bond donors (Lipinski definition) is 1. The van der Waals surface area contributed by atoms with E-state index < -0.39 is 0 Å². The zero-order valence-corrected chi connectivity index (χ0v) is 10.4. The maximum Gasteiger partial charge on any atom is 0.240 e. The lowest BCUT2D eigenvalue weighted by Crippen LogP contribution is -2.54. The van der Waals surface area contributed by atoms with Gasteiger partial charge in [0.2, 0.25) is 5.91 Å². The Kier molecular flexibility index (Phi) is 4.76. The van der Waals surface area contributed by atoms with Crippen LogP contribution < -0.4 is 5.73 Å². The number of carbonyl (C=O) groups excluding carboxylic acids is 1. The molecule has 2 aliphatic rings. The Labute approximate surface area is 103 Å². The predicted octanol–water partition coefficient (Wildman–Crippen LogP) is -0.342. The Morgan fingerprint density at radius 2 is 2.00 bits per heavy atom. The number of likely N-dealkylation sites (tertiary alicyclic amines) is 1. The Morgan fingerprint density at radius 1 is 1.24 bits per heavy atom. The molecule has 0 aromatic rings. The number of ether oxygens (including phenoxy) is 1. The number of nitrogens with zero attached hydrogens (tertiary/aromatic N) is 2. The minimum Gasteiger partial charge on any atom is -0.378 e. The van der Waals surface area contributed by atoms with Gasteiger partial charge >= 0.3 is 0 Å². The minimum absolute atomic E-state index is 0.0606. The van der Waals surface area contributed by atoms with Crippen molar-refractivity contribution in [1.29, 1.82) is 0 Å². The Bertz CT molecular complexity index is 252. The molecule has 0 aliphatic carbocycles. The van der Waals surface area contributed by atoms with Gasteiger partial charge in [0.25, 0.3) is 0 Å². The van der Waals surface area contributed by atoms with Gasteiger partial charge in [0.05, 0.1) is 19.3 Å². The second kappa shape index (κ2) is 6.33. The first kappa shape index (κ1) is 12.8. The highest BCUT2D eigenvalue weighted by Gasteiger charge is 2.31. The molecule has 5 heteroatoms. The standard InChI is InChI=1S/C12H23N3O2/c13-4-6-14-5-2-1-3-11(14)12(16)15-7-9-17-10-8-15/h11H,1-10,13H2. The maximum absolute atomic E-state index is 12.4. The summed E-state index contributed by atoms with van der Waals surface area (Å²) >= 11 is 0. The average Bonchev–Trinajstić information content (AvgIpc) is 2.40. The average molecular weight is 241 g/mol. The summed E-state index contributed by atoms with van der Waals surface area (Å²) in [6.07, 6.45) is 3.32. The zero-order chi connectivity index (χ0) is 12.1. The summed E-state index contributed by atoms with van der Waals surface area (Å²) in [5.41, 5.74) is 5.61. The van der Waals surface area contributed by atoms with Crippen molar-refractivity contribution in [2.45, 2.75) is 25.3 Å². The van der Waals surface area contributed by atoms with E-state index >= 15 is 0 Å². The fourth-order valence-electron chi connectivity index (χ4n) is 2.70. The number of amides is 1. The van der Waals surface area contributed by atoms with Crippen molar-refractivity contribution in [3.8, 4) is 0 Å². The molecule has 1 amide bonds. The van der Waals surface area contributed by atoms with Gasteiger partial charge in [0.1, 0.15) is 0 Å². The molecule has 2 N–H and O–H groups in total. The molecule has 0 radical (unpaired) electrons. The number of piperidine rings is 1. The van der Waals surface area contributed by atoms with Crippen LogP contribution in [0.1, 0.15) is 19.3 Å². The van der Waals surface area contributed by atoms with Gasteiger partial charge in [0, 0.05) is 26.2 Å². The van der Waals surface area contributed by atoms with Crippen LogP contribution in [0.2, 0.25) is 0 Å². The van der Waals surface area contributed by atoms with E-state index in [1.165, 1.54) is 6.42 Å². The van der Waals surface area contributed by atoms with Crippen LogP contribution in [0, 0.1) is 0 Å². The molecule has 1 unspecified atom stereocenters. The van der Waals surface area contributed by atoms with E-state index in [1.807, 2.05) is 4.90 Å². The van der Waals surface area contributed by atoms with Crippen molar-refractivity contribution in [3.63, 3.8) is 0 Å². The Hall–Kier alpha value is -0.650. The van der Waals surface area contributed by atoms with E-state index in [1.54, 1.807) is 0 Å². The van der Waals surface area contributed by atoms with E-state index in [9.17, 15) is 4.79 Å². The fraction of sp³-hybridized carbons (Fsp3) is 0.917. The van der Waals surface area contributed by atoms with E-state index in [0.29, 0.717) is 19.8 Å². The third-order valence-corrected chi connectivity index (χ3v) is 3.64. The zero-order valence-electron chi connectivity index (χ0n) is 10.4. The first-order valence-electron chi connectivity index (χ1n) is 6.63. The van der Waals surface area contributed by atoms with Gasteiger partial charge in [-0.1, -0.05) is 6.42 Å². The molecule has 2 rings (SSSR count). The summed E-state index contributed by atoms with van der Waals surface area (Å²) in [5.74, 6) is 0.279. The summed E-state index contributed by atoms with van der Waals surface area (Å²) in [7, 11) is 0. The van der Waals surface area contributed by atoms with Gasteiger partial charge < -0.3 is 15.4 Å². The van der Waals surface area contributed by atoms with E-state index in [2.05, 4.69) is 4.90 Å². The summed E-state index contributed by atoms with van der Waals surface area (Å²) in [6, 6.07) is 0.0606. The van der Waals surface area contributed by atoms with Gasteiger partial charge in [0.15, 0.2) is 0 Å². The lowest BCUT2D eigenvalue weighted by Gasteiger charge is -2.38. The van der Waals surface area contributed by atoms with E-state index in [0.717, 1.165) is 39.0 Å². The van der Waals surface area contributed by atoms with Crippen LogP contribution in [0.4, 0.5) is 0 Å². The molecule has 2 aliphatic heterocycles. The summed E-state index contributed by atoms with van der Waals surface area (Å²) in [5, 5.41) is 0. The van der Waals surface area contributed by atoms with Gasteiger partial charge in [-0.05, 0) is 19.4 Å². The first-order valence-corrected chi connectivity index (χ1v) is 6.63. The Morgan fingerprint density at radius 3 is 2.71 bits per heavy atom. The van der Waals surface area contributed by atoms with Crippen LogP contribution in [0.5, 0.6) is 0 Å². The second-order valence-electron chi connectivity index (χ2n) is 4.77. The molecule has 5 nitrogen and oxygen atoms in total. The molecule has 17 heavy (non-hydrogen) atoms. The monoisotopic (exact) mass is 241 g/mol. The van der Waals surface area contributed by atoms with Crippen molar-refractivity contribution in [3.05, 3.63) is 0 Å². The molecule has 0 saturated carbocycles. The number of rotatable bonds is 3. The first-order chi connectivity index (χ1) is 8.33. The van der Waals surface area contributed by atoms with E-state index in [4.69, 9.17) is 10.5 Å². The molecule has 0 aromatic carbocycles. The van der Waals surface area contributed by atoms with Crippen LogP contribution >= 0.6 is 0 Å². The smallest absolute Gasteiger partial charge is 0.240 e. The molecule has 0 bridgehead atoms. The van der Waals surface area contributed by atoms with Crippen LogP contribution in [0.15, 0.2) is 0 Å². The number of carbonyl (C=O) groups is 1. The van der Waals surface area contributed by atoms with Crippen LogP contribution in [0.3, 0.4) is 0 Å². The highest BCUT2D eigenvalue weighted by atomic mass is 16.5. The van der Waals surface area contributed by atoms with E-state index in [-0.39, 0.29) is 11.9 Å². The molecule has 2 fully saturated rings. The van der Waals surface area contributed by atoms with Crippen molar-refractivity contribution < 1.29 is 9.53 Å².